The Morgan fingerprint density at radius 2 is 1.87 bits per heavy atom. The van der Waals surface area contributed by atoms with E-state index in [4.69, 9.17) is 12.3 Å². The molecule has 0 saturated carbocycles. The second kappa shape index (κ2) is 7.38. The lowest BCUT2D eigenvalue weighted by Crippen LogP contribution is -2.31. The van der Waals surface area contributed by atoms with Crippen LogP contribution in [-0.2, 0) is 5.41 Å². The number of hydrogen-bond acceptors (Lipinski definition) is 2. The summed E-state index contributed by atoms with van der Waals surface area (Å²) >= 11 is 0. The number of carboxylic acids is 1. The van der Waals surface area contributed by atoms with Crippen LogP contribution in [0.15, 0.2) is 71.8 Å². The summed E-state index contributed by atoms with van der Waals surface area (Å²) in [6, 6.07) is 11.6. The van der Waals surface area contributed by atoms with Gasteiger partial charge in [-0.25, -0.2) is 9.37 Å². The lowest BCUT2D eigenvalue weighted by molar-refractivity contribution is -0.462. The number of allylic oxidation sites excluding steroid dienone is 5. The number of fused-ring (bicyclic) bond motifs is 2. The Balaban J connectivity index is 2.14. The molecule has 4 heteroatoms. The average Bonchev–Trinajstić information content (AvgIpc) is 2.82. The standard InChI is InChI=1S/C27H28N2O2/c1-27(2)23-15-17(28(3)4)11-13-21(23)25(19-9-7-8-10-20(19)26(30)31)22-14-12-18(29(5)6)16-24(22)27/h7-16H,1-6H3/p+1/i3D3,4D3,5D3. The first-order valence-electron chi connectivity index (χ1n) is 14.3. The van der Waals surface area contributed by atoms with Crippen molar-refractivity contribution in [3.05, 3.63) is 94.1 Å². The van der Waals surface area contributed by atoms with Crippen LogP contribution in [0.2, 0.25) is 0 Å². The predicted octanol–water partition coefficient (Wildman–Crippen LogP) is 4.75. The monoisotopic (exact) mass is 422 g/mol. The van der Waals surface area contributed by atoms with Gasteiger partial charge in [-0.3, -0.25) is 0 Å². The van der Waals surface area contributed by atoms with Crippen LogP contribution in [0.1, 0.15) is 53.2 Å². The maximum Gasteiger partial charge on any atom is 0.336 e. The number of aromatic carboxylic acids is 1. The summed E-state index contributed by atoms with van der Waals surface area (Å²) in [5.74, 6) is -1.14. The van der Waals surface area contributed by atoms with E-state index in [0.29, 0.717) is 43.7 Å². The minimum atomic E-state index is -2.96. The fraction of sp³-hybridized carbons (Fsp3) is 0.259. The van der Waals surface area contributed by atoms with Crippen molar-refractivity contribution < 1.29 is 26.8 Å². The number of anilines is 1. The fourth-order valence-electron chi connectivity index (χ4n) is 4.35. The maximum absolute atomic E-state index is 12.2. The molecule has 0 aliphatic heterocycles. The quantitative estimate of drug-likeness (QED) is 0.726. The molecule has 2 aromatic rings. The molecule has 0 aromatic heterocycles. The molecule has 2 aliphatic rings. The third-order valence-electron chi connectivity index (χ3n) is 5.96. The van der Waals surface area contributed by atoms with Gasteiger partial charge in [0, 0.05) is 41.4 Å². The Morgan fingerprint density at radius 3 is 2.58 bits per heavy atom. The molecule has 2 aliphatic carbocycles. The Kier molecular flexibility index (Phi) is 2.96. The highest BCUT2D eigenvalue weighted by molar-refractivity contribution is 6.08. The molecule has 0 amide bonds. The van der Waals surface area contributed by atoms with Gasteiger partial charge in [0.2, 0.25) is 0 Å². The van der Waals surface area contributed by atoms with Gasteiger partial charge in [0.15, 0.2) is 5.71 Å². The van der Waals surface area contributed by atoms with E-state index in [2.05, 4.69) is 0 Å². The van der Waals surface area contributed by atoms with Crippen LogP contribution in [0.25, 0.3) is 5.57 Å². The van der Waals surface area contributed by atoms with Crippen LogP contribution in [0, 0.1) is 0 Å². The zero-order valence-corrected chi connectivity index (χ0v) is 17.5. The van der Waals surface area contributed by atoms with Gasteiger partial charge >= 0.3 is 5.97 Å². The Morgan fingerprint density at radius 1 is 1.10 bits per heavy atom. The largest absolute Gasteiger partial charge is 0.478 e. The van der Waals surface area contributed by atoms with Crippen LogP contribution < -0.4 is 4.90 Å². The Bertz CT molecular complexity index is 1510. The molecule has 4 nitrogen and oxygen atoms in total. The highest BCUT2D eigenvalue weighted by Crippen LogP contribution is 2.50. The van der Waals surface area contributed by atoms with Crippen LogP contribution in [0.4, 0.5) is 5.69 Å². The van der Waals surface area contributed by atoms with E-state index in [-0.39, 0.29) is 11.3 Å². The van der Waals surface area contributed by atoms with Crippen molar-refractivity contribution >= 4 is 22.9 Å². The molecule has 0 atom stereocenters. The first-order valence-corrected chi connectivity index (χ1v) is 9.80. The van der Waals surface area contributed by atoms with E-state index in [1.54, 1.807) is 42.5 Å². The lowest BCUT2D eigenvalue weighted by Gasteiger charge is -2.39. The predicted molar refractivity (Wildman–Crippen MR) is 128 cm³/mol. The third-order valence-corrected chi connectivity index (χ3v) is 5.96. The second-order valence-corrected chi connectivity index (χ2v) is 8.20. The third kappa shape index (κ3) is 3.32. The van der Waals surface area contributed by atoms with Crippen molar-refractivity contribution in [2.75, 3.05) is 32.9 Å². The molecule has 0 saturated heterocycles. The van der Waals surface area contributed by atoms with Crippen molar-refractivity contribution in [3.63, 3.8) is 0 Å². The summed E-state index contributed by atoms with van der Waals surface area (Å²) in [6.07, 6.45) is 4.55. The molecule has 0 radical (unpaired) electrons. The van der Waals surface area contributed by atoms with E-state index in [1.807, 2.05) is 13.8 Å². The molecular weight excluding hydrogens is 384 g/mol. The number of benzene rings is 2. The van der Waals surface area contributed by atoms with Gasteiger partial charge in [-0.2, -0.15) is 0 Å². The molecule has 31 heavy (non-hydrogen) atoms. The van der Waals surface area contributed by atoms with Crippen molar-refractivity contribution in [1.82, 2.24) is 0 Å². The van der Waals surface area contributed by atoms with Crippen LogP contribution in [0.3, 0.4) is 0 Å². The van der Waals surface area contributed by atoms with E-state index in [9.17, 15) is 9.90 Å². The van der Waals surface area contributed by atoms with Gasteiger partial charge < -0.3 is 10.0 Å². The summed E-state index contributed by atoms with van der Waals surface area (Å²) in [4.78, 5) is 13.4. The molecule has 1 N–H and O–H groups in total. The zero-order valence-electron chi connectivity index (χ0n) is 26.5. The SMILES string of the molecule is [2H]C([2H])([2H])N(C)c1ccc2c(c1)C(C)(C)C1=CC(=[N+](C([2H])([2H])[2H])C([2H])([2H])[2H])C=CC1=C2c1ccccc1C(=O)O. The van der Waals surface area contributed by atoms with E-state index in [1.165, 1.54) is 25.3 Å². The average molecular weight is 423 g/mol. The molecule has 0 heterocycles. The minimum absolute atomic E-state index is 0.0445. The topological polar surface area (TPSA) is 43.5 Å². The summed E-state index contributed by atoms with van der Waals surface area (Å²) in [5.41, 5.74) is 3.08. The fourth-order valence-corrected chi connectivity index (χ4v) is 4.35. The van der Waals surface area contributed by atoms with E-state index >= 15 is 0 Å². The maximum atomic E-state index is 12.2. The molecule has 0 spiro atoms. The highest BCUT2D eigenvalue weighted by Gasteiger charge is 2.39. The molecule has 0 unspecified atom stereocenters. The number of carbonyl (C=O) groups is 1. The zero-order chi connectivity index (χ0) is 30.0. The highest BCUT2D eigenvalue weighted by atomic mass is 16.4. The molecule has 4 rings (SSSR count). The lowest BCUT2D eigenvalue weighted by atomic mass is 9.64. The molecule has 158 valence electrons. The molecule has 2 aromatic carbocycles. The minimum Gasteiger partial charge on any atom is -0.478 e. The van der Waals surface area contributed by atoms with Gasteiger partial charge in [-0.05, 0) is 57.7 Å². The molecule has 0 fully saturated rings. The Hall–Kier alpha value is -3.40. The summed E-state index contributed by atoms with van der Waals surface area (Å²) in [6.45, 7) is -4.59. The van der Waals surface area contributed by atoms with Gasteiger partial charge in [0.1, 0.15) is 14.0 Å². The number of hydrogen-bond donors (Lipinski definition) is 1. The van der Waals surface area contributed by atoms with Crippen molar-refractivity contribution in [1.29, 1.82) is 0 Å². The van der Waals surface area contributed by atoms with E-state index in [0.717, 1.165) is 4.90 Å². The summed E-state index contributed by atoms with van der Waals surface area (Å²) in [5, 5.41) is 9.98. The first-order chi connectivity index (χ1) is 18.3. The van der Waals surface area contributed by atoms with Gasteiger partial charge in [-0.15, -0.1) is 0 Å². The van der Waals surface area contributed by atoms with Crippen LogP contribution in [0.5, 0.6) is 0 Å². The first kappa shape index (κ1) is 12.5. The number of carboxylic acid groups (broad SMARTS) is 1. The van der Waals surface area contributed by atoms with Gasteiger partial charge in [0.05, 0.1) is 13.8 Å². The van der Waals surface area contributed by atoms with Gasteiger partial charge in [0.25, 0.3) is 0 Å². The number of rotatable bonds is 3. The summed E-state index contributed by atoms with van der Waals surface area (Å²) in [7, 11) is 1.45. The second-order valence-electron chi connectivity index (χ2n) is 8.20. The van der Waals surface area contributed by atoms with Crippen molar-refractivity contribution in [2.45, 2.75) is 19.3 Å². The summed E-state index contributed by atoms with van der Waals surface area (Å²) < 4.78 is 71.3. The normalized spacial score (nSPS) is 22.0. The smallest absolute Gasteiger partial charge is 0.336 e. The number of nitrogens with zero attached hydrogens (tertiary/aromatic N) is 2. The van der Waals surface area contributed by atoms with Gasteiger partial charge in [-0.1, -0.05) is 38.1 Å². The molecule has 0 bridgehead atoms. The van der Waals surface area contributed by atoms with Crippen LogP contribution in [-0.4, -0.2) is 49.3 Å². The van der Waals surface area contributed by atoms with Crippen LogP contribution >= 0.6 is 0 Å². The molecular formula is C27H29N2O2+. The Labute approximate surface area is 196 Å². The van der Waals surface area contributed by atoms with E-state index < -0.39 is 32.3 Å². The van der Waals surface area contributed by atoms with Crippen molar-refractivity contribution in [3.8, 4) is 0 Å². The van der Waals surface area contributed by atoms with Crippen molar-refractivity contribution in [2.24, 2.45) is 0 Å².